The molecule has 5 heteroatoms. The summed E-state index contributed by atoms with van der Waals surface area (Å²) >= 11 is 0. The minimum absolute atomic E-state index is 0. The minimum atomic E-state index is -0.252. The molecule has 0 aliphatic heterocycles. The summed E-state index contributed by atoms with van der Waals surface area (Å²) in [6.45, 7) is 1.99. The average molecular weight is 479 g/mol. The zero-order valence-corrected chi connectivity index (χ0v) is 15.7. The molecule has 1 radical (unpaired) electrons. The molecule has 0 bridgehead atoms. The predicted octanol–water partition coefficient (Wildman–Crippen LogP) is 2.60. The van der Waals surface area contributed by atoms with Gasteiger partial charge in [0.15, 0.2) is 0 Å². The van der Waals surface area contributed by atoms with E-state index in [9.17, 15) is 9.90 Å². The van der Waals surface area contributed by atoms with Gasteiger partial charge in [-0.1, -0.05) is 23.8 Å². The van der Waals surface area contributed by atoms with Crippen molar-refractivity contribution in [3.05, 3.63) is 58.4 Å². The Hall–Kier alpha value is -1.18. The number of rotatable bonds is 1. The van der Waals surface area contributed by atoms with Crippen molar-refractivity contribution in [3.63, 3.8) is 0 Å². The van der Waals surface area contributed by atoms with Gasteiger partial charge in [0.05, 0.1) is 10.9 Å². The van der Waals surface area contributed by atoms with E-state index in [0.29, 0.717) is 16.7 Å². The van der Waals surface area contributed by atoms with Gasteiger partial charge in [0.2, 0.25) is 0 Å². The van der Waals surface area contributed by atoms with Gasteiger partial charge in [0.1, 0.15) is 11.6 Å². The largest absolute Gasteiger partial charge is 0.508 e. The molecule has 0 amide bonds. The molecular formula is C15H12AcN2O2. The van der Waals surface area contributed by atoms with E-state index in [1.807, 2.05) is 31.2 Å². The molecule has 0 saturated heterocycles. The Morgan fingerprint density at radius 1 is 1.15 bits per heavy atom. The number of benzene rings is 2. The van der Waals surface area contributed by atoms with Crippen molar-refractivity contribution in [1.82, 2.24) is 9.97 Å². The Bertz CT molecular complexity index is 827. The smallest absolute Gasteiger partial charge is 0.259 e. The number of hydrogen-bond donors (Lipinski definition) is 2. The molecule has 4 nitrogen and oxygen atoms in total. The molecule has 0 spiro atoms. The fraction of sp³-hybridized carbons (Fsp3) is 0.0667. The first kappa shape index (κ1) is 15.2. The van der Waals surface area contributed by atoms with Gasteiger partial charge in [-0.15, -0.1) is 0 Å². The Kier molecular flexibility index (Phi) is 4.62. The summed E-state index contributed by atoms with van der Waals surface area (Å²) in [4.78, 5) is 19.2. The number of H-pyrrole nitrogens is 1. The number of phenols is 1. The third-order valence-corrected chi connectivity index (χ3v) is 2.98. The molecule has 20 heavy (non-hydrogen) atoms. The number of nitrogens with zero attached hydrogens (tertiary/aromatic N) is 1. The number of hydrogen-bond acceptors (Lipinski definition) is 3. The minimum Gasteiger partial charge on any atom is -0.508 e. The van der Waals surface area contributed by atoms with Gasteiger partial charge in [0, 0.05) is 49.6 Å². The van der Waals surface area contributed by atoms with Crippen LogP contribution in [0.25, 0.3) is 22.3 Å². The monoisotopic (exact) mass is 479 g/mol. The number of aromatic hydroxyl groups is 1. The predicted molar refractivity (Wildman–Crippen MR) is 74.2 cm³/mol. The Labute approximate surface area is 151 Å². The first-order valence-corrected chi connectivity index (χ1v) is 5.93. The van der Waals surface area contributed by atoms with Crippen LogP contribution in [0.3, 0.4) is 0 Å². The van der Waals surface area contributed by atoms with Crippen LogP contribution in [0.5, 0.6) is 5.75 Å². The van der Waals surface area contributed by atoms with Gasteiger partial charge in [-0.25, -0.2) is 4.98 Å². The SMILES string of the molecule is Cc1cccc(-c2nc3ccc(O)cc3c(=O)[nH]2)c1.[Ac]. The van der Waals surface area contributed by atoms with Gasteiger partial charge < -0.3 is 10.1 Å². The number of aromatic amines is 1. The maximum Gasteiger partial charge on any atom is 0.259 e. The van der Waals surface area contributed by atoms with Crippen LogP contribution in [0, 0.1) is 51.0 Å². The van der Waals surface area contributed by atoms with E-state index < -0.39 is 0 Å². The second-order valence-electron chi connectivity index (χ2n) is 4.49. The van der Waals surface area contributed by atoms with Gasteiger partial charge in [-0.3, -0.25) is 4.79 Å². The summed E-state index contributed by atoms with van der Waals surface area (Å²) in [5, 5.41) is 9.78. The zero-order chi connectivity index (χ0) is 13.4. The van der Waals surface area contributed by atoms with Gasteiger partial charge in [-0.2, -0.15) is 0 Å². The van der Waals surface area contributed by atoms with E-state index in [4.69, 9.17) is 0 Å². The van der Waals surface area contributed by atoms with E-state index in [2.05, 4.69) is 9.97 Å². The molecule has 0 fully saturated rings. The third-order valence-electron chi connectivity index (χ3n) is 2.98. The van der Waals surface area contributed by atoms with E-state index in [1.165, 1.54) is 12.1 Å². The molecule has 0 saturated carbocycles. The van der Waals surface area contributed by atoms with Gasteiger partial charge >= 0.3 is 0 Å². The molecule has 3 aromatic rings. The van der Waals surface area contributed by atoms with Crippen molar-refractivity contribution in [3.8, 4) is 17.1 Å². The summed E-state index contributed by atoms with van der Waals surface area (Å²) in [5.41, 5.74) is 2.29. The third kappa shape index (κ3) is 2.94. The summed E-state index contributed by atoms with van der Waals surface area (Å²) < 4.78 is 0. The first-order chi connectivity index (χ1) is 9.13. The summed E-state index contributed by atoms with van der Waals surface area (Å²) in [5.74, 6) is 0.593. The topological polar surface area (TPSA) is 66.0 Å². The molecule has 0 unspecified atom stereocenters. The molecule has 97 valence electrons. The van der Waals surface area contributed by atoms with Crippen LogP contribution < -0.4 is 5.56 Å². The number of phenolic OH excluding ortho intramolecular Hbond substituents is 1. The molecule has 2 N–H and O–H groups in total. The van der Waals surface area contributed by atoms with Crippen LogP contribution in [0.15, 0.2) is 47.3 Å². The van der Waals surface area contributed by atoms with Crippen LogP contribution in [0.2, 0.25) is 0 Å². The van der Waals surface area contributed by atoms with Crippen molar-refractivity contribution in [1.29, 1.82) is 0 Å². The maximum absolute atomic E-state index is 12.0. The van der Waals surface area contributed by atoms with E-state index in [1.54, 1.807) is 6.07 Å². The molecule has 3 rings (SSSR count). The van der Waals surface area contributed by atoms with Crippen LogP contribution in [0.4, 0.5) is 0 Å². The molecule has 0 aliphatic carbocycles. The molecule has 0 aliphatic rings. The zero-order valence-electron chi connectivity index (χ0n) is 10.9. The van der Waals surface area contributed by atoms with Crippen molar-refractivity contribution in [2.75, 3.05) is 0 Å². The van der Waals surface area contributed by atoms with E-state index in [0.717, 1.165) is 11.1 Å². The molecule has 2 aromatic carbocycles. The molecular weight excluding hydrogens is 467 g/mol. The van der Waals surface area contributed by atoms with Crippen molar-refractivity contribution < 1.29 is 49.2 Å². The van der Waals surface area contributed by atoms with Crippen LogP contribution in [-0.2, 0) is 0 Å². The van der Waals surface area contributed by atoms with Gasteiger partial charge in [0.25, 0.3) is 5.56 Å². The number of fused-ring (bicyclic) bond motifs is 1. The van der Waals surface area contributed by atoms with Crippen LogP contribution >= 0.6 is 0 Å². The average Bonchev–Trinajstić information content (AvgIpc) is 2.39. The molecule has 1 heterocycles. The van der Waals surface area contributed by atoms with Crippen molar-refractivity contribution >= 4 is 10.9 Å². The van der Waals surface area contributed by atoms with Crippen LogP contribution in [0.1, 0.15) is 5.56 Å². The second kappa shape index (κ2) is 6.07. The standard InChI is InChI=1S/C15H12N2O2.Ac/c1-9-3-2-4-10(7-9)14-16-13-6-5-11(18)8-12(13)15(19)17-14;/h2-8,18H,1H3,(H,16,17,19);. The summed E-state index contributed by atoms with van der Waals surface area (Å²) in [6.07, 6.45) is 0. The van der Waals surface area contributed by atoms with Crippen molar-refractivity contribution in [2.45, 2.75) is 6.92 Å². The first-order valence-electron chi connectivity index (χ1n) is 5.93. The quantitative estimate of drug-likeness (QED) is 0.564. The molecule has 0 atom stereocenters. The Balaban J connectivity index is 0.00000147. The maximum atomic E-state index is 12.0. The summed E-state index contributed by atoms with van der Waals surface area (Å²) in [6, 6.07) is 12.4. The van der Waals surface area contributed by atoms with E-state index in [-0.39, 0.29) is 55.4 Å². The van der Waals surface area contributed by atoms with Crippen molar-refractivity contribution in [2.24, 2.45) is 0 Å². The Morgan fingerprint density at radius 2 is 1.95 bits per heavy atom. The van der Waals surface area contributed by atoms with E-state index >= 15 is 0 Å². The van der Waals surface area contributed by atoms with Gasteiger partial charge in [-0.05, 0) is 31.2 Å². The fourth-order valence-corrected chi connectivity index (χ4v) is 2.06. The van der Waals surface area contributed by atoms with Crippen LogP contribution in [-0.4, -0.2) is 15.1 Å². The fourth-order valence-electron chi connectivity index (χ4n) is 2.06. The number of aromatic nitrogens is 2. The Morgan fingerprint density at radius 3 is 2.70 bits per heavy atom. The number of nitrogens with one attached hydrogen (secondary N) is 1. The normalized spacial score (nSPS) is 10.2. The number of aryl methyl sites for hydroxylation is 1. The second-order valence-corrected chi connectivity index (χ2v) is 4.49. The summed E-state index contributed by atoms with van der Waals surface area (Å²) in [7, 11) is 0. The molecule has 1 aromatic heterocycles.